The summed E-state index contributed by atoms with van der Waals surface area (Å²) in [7, 11) is 1.65. The zero-order chi connectivity index (χ0) is 18.9. The molecule has 1 N–H and O–H groups in total. The number of amides is 1. The molecule has 6 heteroatoms. The van der Waals surface area contributed by atoms with Crippen molar-refractivity contribution in [3.8, 4) is 5.75 Å². The van der Waals surface area contributed by atoms with Gasteiger partial charge in [0, 0.05) is 25.4 Å². The average Bonchev–Trinajstić information content (AvgIpc) is 3.43. The van der Waals surface area contributed by atoms with Crippen LogP contribution in [-0.4, -0.2) is 46.2 Å². The smallest absolute Gasteiger partial charge is 0.227 e. The van der Waals surface area contributed by atoms with Crippen molar-refractivity contribution >= 4 is 5.91 Å². The lowest BCUT2D eigenvalue weighted by Crippen LogP contribution is -2.32. The lowest BCUT2D eigenvalue weighted by molar-refractivity contribution is -0.129. The monoisotopic (exact) mass is 368 g/mol. The van der Waals surface area contributed by atoms with Crippen molar-refractivity contribution in [2.75, 3.05) is 20.2 Å². The van der Waals surface area contributed by atoms with Crippen LogP contribution >= 0.6 is 0 Å². The van der Waals surface area contributed by atoms with E-state index >= 15 is 0 Å². The number of ether oxygens (including phenoxy) is 1. The van der Waals surface area contributed by atoms with E-state index < -0.39 is 0 Å². The summed E-state index contributed by atoms with van der Waals surface area (Å²) < 4.78 is 5.20. The van der Waals surface area contributed by atoms with Crippen LogP contribution in [0.2, 0.25) is 0 Å². The van der Waals surface area contributed by atoms with E-state index in [4.69, 9.17) is 9.72 Å². The summed E-state index contributed by atoms with van der Waals surface area (Å²) in [6, 6.07) is 7.76. The van der Waals surface area contributed by atoms with Crippen LogP contribution in [0, 0.1) is 5.41 Å². The van der Waals surface area contributed by atoms with Gasteiger partial charge in [-0.25, -0.2) is 4.98 Å². The first-order valence-electron chi connectivity index (χ1n) is 9.95. The van der Waals surface area contributed by atoms with E-state index in [9.17, 15) is 4.79 Å². The maximum atomic E-state index is 13.0. The molecule has 1 saturated carbocycles. The molecule has 6 nitrogen and oxygen atoms in total. The lowest BCUT2D eigenvalue weighted by atomic mass is 9.76. The van der Waals surface area contributed by atoms with Crippen LogP contribution in [0.3, 0.4) is 0 Å². The van der Waals surface area contributed by atoms with Gasteiger partial charge in [0.05, 0.1) is 13.5 Å². The molecular weight excluding hydrogens is 340 g/mol. The molecule has 2 heterocycles. The standard InChI is InChI=1S/C21H28N4O2/c1-3-18-22-20(24-23-18)17-13-25(14-21(17)10-4-5-11-21)19(26)12-15-6-8-16(27-2)9-7-15/h6-9,17H,3-5,10-14H2,1-2H3,(H,22,23,24). The summed E-state index contributed by atoms with van der Waals surface area (Å²) in [4.78, 5) is 19.7. The van der Waals surface area contributed by atoms with Crippen molar-refractivity contribution in [2.24, 2.45) is 5.41 Å². The van der Waals surface area contributed by atoms with E-state index in [2.05, 4.69) is 17.1 Å². The van der Waals surface area contributed by atoms with Crippen molar-refractivity contribution < 1.29 is 9.53 Å². The van der Waals surface area contributed by atoms with E-state index in [1.165, 1.54) is 25.7 Å². The Labute approximate surface area is 160 Å². The fourth-order valence-corrected chi connectivity index (χ4v) is 4.75. The molecule has 2 aliphatic rings. The van der Waals surface area contributed by atoms with Gasteiger partial charge in [0.2, 0.25) is 5.91 Å². The fraction of sp³-hybridized carbons (Fsp3) is 0.571. The number of aromatic nitrogens is 3. The highest BCUT2D eigenvalue weighted by Crippen LogP contribution is 2.52. The zero-order valence-electron chi connectivity index (χ0n) is 16.2. The second-order valence-electron chi connectivity index (χ2n) is 7.92. The second-order valence-corrected chi connectivity index (χ2v) is 7.92. The molecule has 1 atom stereocenters. The Morgan fingerprint density at radius 3 is 2.67 bits per heavy atom. The molecule has 4 rings (SSSR count). The molecule has 1 aromatic carbocycles. The second kappa shape index (κ2) is 7.33. The highest BCUT2D eigenvalue weighted by molar-refractivity contribution is 5.79. The first-order valence-corrected chi connectivity index (χ1v) is 9.95. The van der Waals surface area contributed by atoms with Crippen molar-refractivity contribution in [3.05, 3.63) is 41.5 Å². The topological polar surface area (TPSA) is 71.1 Å². The number of rotatable bonds is 5. The summed E-state index contributed by atoms with van der Waals surface area (Å²) in [5.41, 5.74) is 1.18. The van der Waals surface area contributed by atoms with Crippen molar-refractivity contribution in [2.45, 2.75) is 51.4 Å². The molecule has 1 aromatic heterocycles. The van der Waals surface area contributed by atoms with Gasteiger partial charge >= 0.3 is 0 Å². The quantitative estimate of drug-likeness (QED) is 0.880. The maximum Gasteiger partial charge on any atom is 0.227 e. The maximum absolute atomic E-state index is 13.0. The Bertz CT molecular complexity index is 793. The molecule has 1 amide bonds. The molecule has 0 bridgehead atoms. The van der Waals surface area contributed by atoms with Gasteiger partial charge in [0.15, 0.2) is 5.82 Å². The van der Waals surface area contributed by atoms with E-state index in [0.29, 0.717) is 6.42 Å². The predicted molar refractivity (Wildman–Crippen MR) is 103 cm³/mol. The van der Waals surface area contributed by atoms with Gasteiger partial charge in [-0.15, -0.1) is 0 Å². The summed E-state index contributed by atoms with van der Waals surface area (Å²) in [6.45, 7) is 3.65. The first kappa shape index (κ1) is 18.0. The number of carbonyl (C=O) groups excluding carboxylic acids is 1. The van der Waals surface area contributed by atoms with Crippen LogP contribution in [0.25, 0.3) is 0 Å². The van der Waals surface area contributed by atoms with Crippen molar-refractivity contribution in [1.29, 1.82) is 0 Å². The Balaban J connectivity index is 1.51. The molecular formula is C21H28N4O2. The Morgan fingerprint density at radius 1 is 1.30 bits per heavy atom. The SMILES string of the molecule is CCc1nc(C2CN(C(=O)Cc3ccc(OC)cc3)CC23CCCC3)n[nH]1. The first-order chi connectivity index (χ1) is 13.1. The third-order valence-corrected chi connectivity index (χ3v) is 6.31. The van der Waals surface area contributed by atoms with Gasteiger partial charge in [-0.05, 0) is 36.0 Å². The average molecular weight is 368 g/mol. The van der Waals surface area contributed by atoms with E-state index in [1.807, 2.05) is 29.2 Å². The Kier molecular flexibility index (Phi) is 4.89. The number of hydrogen-bond donors (Lipinski definition) is 1. The van der Waals surface area contributed by atoms with Crippen molar-refractivity contribution in [3.63, 3.8) is 0 Å². The molecule has 1 aliphatic heterocycles. The fourth-order valence-electron chi connectivity index (χ4n) is 4.75. The summed E-state index contributed by atoms with van der Waals surface area (Å²) in [5.74, 6) is 3.08. The molecule has 1 saturated heterocycles. The van der Waals surface area contributed by atoms with E-state index in [0.717, 1.165) is 42.5 Å². The molecule has 27 heavy (non-hydrogen) atoms. The minimum absolute atomic E-state index is 0.156. The van der Waals surface area contributed by atoms with Crippen LogP contribution in [0.4, 0.5) is 0 Å². The number of aromatic amines is 1. The normalized spacial score (nSPS) is 21.1. The number of methoxy groups -OCH3 is 1. The Hall–Kier alpha value is -2.37. The molecule has 1 spiro atoms. The van der Waals surface area contributed by atoms with Gasteiger partial charge in [-0.1, -0.05) is 31.9 Å². The minimum Gasteiger partial charge on any atom is -0.497 e. The minimum atomic E-state index is 0.156. The third-order valence-electron chi connectivity index (χ3n) is 6.31. The highest BCUT2D eigenvalue weighted by Gasteiger charge is 2.51. The van der Waals surface area contributed by atoms with Gasteiger partial charge in [0.25, 0.3) is 0 Å². The zero-order valence-corrected chi connectivity index (χ0v) is 16.2. The number of benzene rings is 1. The van der Waals surface area contributed by atoms with Gasteiger partial charge in [-0.3, -0.25) is 9.89 Å². The van der Waals surface area contributed by atoms with Crippen molar-refractivity contribution in [1.82, 2.24) is 20.1 Å². The molecule has 0 radical (unpaired) electrons. The van der Waals surface area contributed by atoms with Crippen LogP contribution in [0.1, 0.15) is 55.7 Å². The number of H-pyrrole nitrogens is 1. The molecule has 1 unspecified atom stereocenters. The van der Waals surface area contributed by atoms with Crippen LogP contribution in [-0.2, 0) is 17.6 Å². The highest BCUT2D eigenvalue weighted by atomic mass is 16.5. The summed E-state index contributed by atoms with van der Waals surface area (Å²) in [5, 5.41) is 7.55. The largest absolute Gasteiger partial charge is 0.497 e. The van der Waals surface area contributed by atoms with Gasteiger partial charge in [-0.2, -0.15) is 5.10 Å². The molecule has 1 aliphatic carbocycles. The Morgan fingerprint density at radius 2 is 2.04 bits per heavy atom. The number of nitrogens with one attached hydrogen (secondary N) is 1. The number of carbonyl (C=O) groups is 1. The van der Waals surface area contributed by atoms with Gasteiger partial charge in [0.1, 0.15) is 11.6 Å². The number of likely N-dealkylation sites (tertiary alicyclic amines) is 1. The number of hydrogen-bond acceptors (Lipinski definition) is 4. The molecule has 2 aromatic rings. The summed E-state index contributed by atoms with van der Waals surface area (Å²) >= 11 is 0. The van der Waals surface area contributed by atoms with Gasteiger partial charge < -0.3 is 9.64 Å². The van der Waals surface area contributed by atoms with Crippen LogP contribution < -0.4 is 4.74 Å². The number of nitrogens with zero attached hydrogens (tertiary/aromatic N) is 3. The number of aryl methyl sites for hydroxylation is 1. The molecule has 144 valence electrons. The predicted octanol–water partition coefficient (Wildman–Crippen LogP) is 3.10. The van der Waals surface area contributed by atoms with E-state index in [-0.39, 0.29) is 17.2 Å². The van der Waals surface area contributed by atoms with Crippen LogP contribution in [0.5, 0.6) is 5.75 Å². The summed E-state index contributed by atoms with van der Waals surface area (Å²) in [6.07, 6.45) is 6.10. The van der Waals surface area contributed by atoms with E-state index in [1.54, 1.807) is 7.11 Å². The third kappa shape index (κ3) is 3.45. The molecule has 2 fully saturated rings. The van der Waals surface area contributed by atoms with Crippen LogP contribution in [0.15, 0.2) is 24.3 Å². The lowest BCUT2D eigenvalue weighted by Gasteiger charge is -2.27.